The number of nitrogens with zero attached hydrogens (tertiary/aromatic N) is 2. The molecule has 2 aromatic carbocycles. The molecule has 0 N–H and O–H groups in total. The zero-order valence-corrected chi connectivity index (χ0v) is 13.8. The monoisotopic (exact) mass is 370 g/mol. The predicted molar refractivity (Wildman–Crippen MR) is 87.4 cm³/mol. The SMILES string of the molecule is O=[N+]([O-])c1ccc(CN2CCc3cc(C(F)(F)F)ccc3C2)c(Cl)c1. The van der Waals surface area contributed by atoms with Crippen LogP contribution in [0.2, 0.25) is 5.02 Å². The summed E-state index contributed by atoms with van der Waals surface area (Å²) in [5.41, 5.74) is 1.62. The van der Waals surface area contributed by atoms with Gasteiger partial charge in [0.2, 0.25) is 0 Å². The second kappa shape index (κ2) is 6.65. The Kier molecular flexibility index (Phi) is 4.71. The van der Waals surface area contributed by atoms with Crippen LogP contribution in [0.4, 0.5) is 18.9 Å². The van der Waals surface area contributed by atoms with Crippen molar-refractivity contribution in [1.29, 1.82) is 0 Å². The van der Waals surface area contributed by atoms with Crippen molar-refractivity contribution in [2.45, 2.75) is 25.7 Å². The maximum Gasteiger partial charge on any atom is 0.416 e. The average molecular weight is 371 g/mol. The molecule has 0 atom stereocenters. The first-order chi connectivity index (χ1) is 11.7. The van der Waals surface area contributed by atoms with Gasteiger partial charge in [0.25, 0.3) is 5.69 Å². The van der Waals surface area contributed by atoms with Crippen LogP contribution in [0.5, 0.6) is 0 Å². The van der Waals surface area contributed by atoms with Crippen LogP contribution >= 0.6 is 11.6 Å². The summed E-state index contributed by atoms with van der Waals surface area (Å²) in [6, 6.07) is 8.15. The molecule has 1 aliphatic heterocycles. The lowest BCUT2D eigenvalue weighted by Gasteiger charge is -2.29. The summed E-state index contributed by atoms with van der Waals surface area (Å²) in [5, 5.41) is 11.1. The van der Waals surface area contributed by atoms with E-state index < -0.39 is 16.7 Å². The Morgan fingerprint density at radius 1 is 1.16 bits per heavy atom. The smallest absolute Gasteiger partial charge is 0.294 e. The minimum atomic E-state index is -4.33. The van der Waals surface area contributed by atoms with E-state index in [2.05, 4.69) is 4.90 Å². The van der Waals surface area contributed by atoms with Gasteiger partial charge in [0.15, 0.2) is 0 Å². The van der Waals surface area contributed by atoms with E-state index in [4.69, 9.17) is 11.6 Å². The topological polar surface area (TPSA) is 46.4 Å². The molecule has 8 heteroatoms. The Morgan fingerprint density at radius 2 is 1.92 bits per heavy atom. The minimum Gasteiger partial charge on any atom is -0.294 e. The van der Waals surface area contributed by atoms with Gasteiger partial charge in [-0.2, -0.15) is 13.2 Å². The lowest BCUT2D eigenvalue weighted by molar-refractivity contribution is -0.384. The highest BCUT2D eigenvalue weighted by molar-refractivity contribution is 6.31. The molecule has 0 radical (unpaired) electrons. The van der Waals surface area contributed by atoms with E-state index in [9.17, 15) is 23.3 Å². The minimum absolute atomic E-state index is 0.0718. The number of alkyl halides is 3. The van der Waals surface area contributed by atoms with Crippen molar-refractivity contribution in [2.24, 2.45) is 0 Å². The van der Waals surface area contributed by atoms with E-state index in [1.807, 2.05) is 0 Å². The molecule has 0 fully saturated rings. The van der Waals surface area contributed by atoms with Gasteiger partial charge in [-0.3, -0.25) is 15.0 Å². The summed E-state index contributed by atoms with van der Waals surface area (Å²) < 4.78 is 38.3. The van der Waals surface area contributed by atoms with Gasteiger partial charge < -0.3 is 0 Å². The Bertz CT molecular complexity index is 824. The molecule has 0 bridgehead atoms. The van der Waals surface area contributed by atoms with Crippen molar-refractivity contribution in [2.75, 3.05) is 6.54 Å². The fourth-order valence-electron chi connectivity index (χ4n) is 2.94. The molecule has 3 rings (SSSR count). The summed E-state index contributed by atoms with van der Waals surface area (Å²) >= 11 is 6.11. The van der Waals surface area contributed by atoms with Crippen molar-refractivity contribution in [3.05, 3.63) is 73.8 Å². The van der Waals surface area contributed by atoms with Gasteiger partial charge in [0, 0.05) is 31.8 Å². The third kappa shape index (κ3) is 3.93. The molecule has 0 saturated carbocycles. The van der Waals surface area contributed by atoms with Gasteiger partial charge in [0.05, 0.1) is 15.5 Å². The predicted octanol–water partition coefficient (Wildman–Crippen LogP) is 4.83. The zero-order valence-electron chi connectivity index (χ0n) is 13.0. The van der Waals surface area contributed by atoms with Crippen LogP contribution in [0.15, 0.2) is 36.4 Å². The Hall–Kier alpha value is -2.12. The number of rotatable bonds is 3. The number of halogens is 4. The van der Waals surface area contributed by atoms with Crippen molar-refractivity contribution in [3.63, 3.8) is 0 Å². The fourth-order valence-corrected chi connectivity index (χ4v) is 3.18. The molecule has 0 unspecified atom stereocenters. The Balaban J connectivity index is 1.74. The third-order valence-electron chi connectivity index (χ3n) is 4.27. The van der Waals surface area contributed by atoms with Gasteiger partial charge in [-0.25, -0.2) is 0 Å². The molecular formula is C17H14ClF3N2O2. The van der Waals surface area contributed by atoms with Gasteiger partial charge in [0.1, 0.15) is 0 Å². The summed E-state index contributed by atoms with van der Waals surface area (Å²) in [6.07, 6.45) is -3.82. The second-order valence-corrected chi connectivity index (χ2v) is 6.38. The maximum absolute atomic E-state index is 12.8. The molecule has 0 spiro atoms. The summed E-state index contributed by atoms with van der Waals surface area (Å²) in [6.45, 7) is 1.60. The van der Waals surface area contributed by atoms with Crippen molar-refractivity contribution < 1.29 is 18.1 Å². The number of nitro benzene ring substituents is 1. The van der Waals surface area contributed by atoms with Crippen LogP contribution < -0.4 is 0 Å². The quantitative estimate of drug-likeness (QED) is 0.574. The standard InChI is InChI=1S/C17H14ClF3N2O2/c18-16-8-15(23(24)25)4-2-13(16)10-22-6-5-11-7-14(17(19,20)21)3-1-12(11)9-22/h1-4,7-8H,5-6,9-10H2. The maximum atomic E-state index is 12.8. The van der Waals surface area contributed by atoms with Gasteiger partial charge in [-0.1, -0.05) is 17.7 Å². The number of non-ortho nitro benzene ring substituents is 1. The van der Waals surface area contributed by atoms with Crippen molar-refractivity contribution in [3.8, 4) is 0 Å². The van der Waals surface area contributed by atoms with Crippen LogP contribution in [-0.4, -0.2) is 16.4 Å². The number of benzene rings is 2. The van der Waals surface area contributed by atoms with Crippen LogP contribution in [0.3, 0.4) is 0 Å². The molecular weight excluding hydrogens is 357 g/mol. The van der Waals surface area contributed by atoms with Crippen molar-refractivity contribution in [1.82, 2.24) is 4.90 Å². The lowest BCUT2D eigenvalue weighted by Crippen LogP contribution is -2.30. The van der Waals surface area contributed by atoms with Gasteiger partial charge in [-0.15, -0.1) is 0 Å². The first-order valence-corrected chi connectivity index (χ1v) is 7.96. The van der Waals surface area contributed by atoms with Crippen LogP contribution in [-0.2, 0) is 25.7 Å². The third-order valence-corrected chi connectivity index (χ3v) is 4.62. The molecule has 25 heavy (non-hydrogen) atoms. The Labute approximate surface area is 147 Å². The lowest BCUT2D eigenvalue weighted by atomic mass is 9.96. The average Bonchev–Trinajstić information content (AvgIpc) is 2.55. The first-order valence-electron chi connectivity index (χ1n) is 7.58. The van der Waals surface area contributed by atoms with E-state index in [0.29, 0.717) is 36.6 Å². The van der Waals surface area contributed by atoms with Crippen LogP contribution in [0.1, 0.15) is 22.3 Å². The molecule has 1 heterocycles. The summed E-state index contributed by atoms with van der Waals surface area (Å²) in [7, 11) is 0. The molecule has 0 amide bonds. The Morgan fingerprint density at radius 3 is 2.56 bits per heavy atom. The van der Waals surface area contributed by atoms with Crippen molar-refractivity contribution >= 4 is 17.3 Å². The summed E-state index contributed by atoms with van der Waals surface area (Å²) in [4.78, 5) is 12.3. The van der Waals surface area contributed by atoms with E-state index >= 15 is 0 Å². The van der Waals surface area contributed by atoms with E-state index in [-0.39, 0.29) is 5.69 Å². The zero-order chi connectivity index (χ0) is 18.2. The highest BCUT2D eigenvalue weighted by atomic mass is 35.5. The van der Waals surface area contributed by atoms with E-state index in [1.54, 1.807) is 6.07 Å². The van der Waals surface area contributed by atoms with E-state index in [0.717, 1.165) is 17.2 Å². The fraction of sp³-hybridized carbons (Fsp3) is 0.294. The number of hydrogen-bond acceptors (Lipinski definition) is 3. The number of hydrogen-bond donors (Lipinski definition) is 0. The normalized spacial score (nSPS) is 15.0. The number of fused-ring (bicyclic) bond motifs is 1. The first kappa shape index (κ1) is 17.7. The van der Waals surface area contributed by atoms with Gasteiger partial charge in [-0.05, 0) is 41.3 Å². The molecule has 132 valence electrons. The highest BCUT2D eigenvalue weighted by Crippen LogP contribution is 2.32. The molecule has 2 aromatic rings. The number of nitro groups is 1. The van der Waals surface area contributed by atoms with Crippen LogP contribution in [0.25, 0.3) is 0 Å². The largest absolute Gasteiger partial charge is 0.416 e. The molecule has 0 saturated heterocycles. The summed E-state index contributed by atoms with van der Waals surface area (Å²) in [5.74, 6) is 0. The molecule has 0 aromatic heterocycles. The van der Waals surface area contributed by atoms with Crippen LogP contribution in [0, 0.1) is 10.1 Å². The molecule has 1 aliphatic rings. The highest BCUT2D eigenvalue weighted by Gasteiger charge is 2.31. The molecule has 0 aliphatic carbocycles. The molecule has 4 nitrogen and oxygen atoms in total. The second-order valence-electron chi connectivity index (χ2n) is 5.97. The van der Waals surface area contributed by atoms with E-state index in [1.165, 1.54) is 24.3 Å². The van der Waals surface area contributed by atoms with Gasteiger partial charge >= 0.3 is 6.18 Å².